The Morgan fingerprint density at radius 2 is 1.83 bits per heavy atom. The van der Waals surface area contributed by atoms with E-state index in [1.807, 2.05) is 44.2 Å². The molecule has 0 unspecified atom stereocenters. The van der Waals surface area contributed by atoms with Crippen molar-refractivity contribution in [1.29, 1.82) is 0 Å². The van der Waals surface area contributed by atoms with Gasteiger partial charge in [-0.3, -0.25) is 10.1 Å². The van der Waals surface area contributed by atoms with Crippen molar-refractivity contribution < 1.29 is 19.1 Å². The minimum Gasteiger partial charge on any atom is -0.468 e. The molecule has 2 heterocycles. The fourth-order valence-electron chi connectivity index (χ4n) is 3.93. The number of benzene rings is 2. The van der Waals surface area contributed by atoms with Gasteiger partial charge in [-0.15, -0.1) is 0 Å². The number of aromatic amines is 1. The highest BCUT2D eigenvalue weighted by atomic mass is 16.5. The van der Waals surface area contributed by atoms with Crippen LogP contribution in [0.15, 0.2) is 48.5 Å². The van der Waals surface area contributed by atoms with Crippen LogP contribution in [-0.2, 0) is 20.7 Å². The van der Waals surface area contributed by atoms with Crippen LogP contribution in [0.1, 0.15) is 47.1 Å². The summed E-state index contributed by atoms with van der Waals surface area (Å²) < 4.78 is 10.3. The zero-order chi connectivity index (χ0) is 21.3. The molecule has 0 bridgehead atoms. The number of aromatic nitrogens is 1. The van der Waals surface area contributed by atoms with Crippen molar-refractivity contribution in [3.63, 3.8) is 0 Å². The lowest BCUT2D eigenvalue weighted by atomic mass is 9.90. The Balaban J connectivity index is 1.67. The monoisotopic (exact) mass is 406 g/mol. The summed E-state index contributed by atoms with van der Waals surface area (Å²) in [6.07, 6.45) is 0.558. The van der Waals surface area contributed by atoms with Gasteiger partial charge >= 0.3 is 11.9 Å². The Morgan fingerprint density at radius 1 is 1.10 bits per heavy atom. The molecule has 0 radical (unpaired) electrons. The molecule has 30 heavy (non-hydrogen) atoms. The van der Waals surface area contributed by atoms with E-state index in [9.17, 15) is 9.59 Å². The number of H-pyrrole nitrogens is 1. The Bertz CT molecular complexity index is 1070. The van der Waals surface area contributed by atoms with Crippen LogP contribution in [0, 0.1) is 5.92 Å². The van der Waals surface area contributed by atoms with Crippen LogP contribution >= 0.6 is 0 Å². The minimum absolute atomic E-state index is 0.217. The summed E-state index contributed by atoms with van der Waals surface area (Å²) in [5, 5.41) is 4.52. The number of carbonyl (C=O) groups excluding carboxylic acids is 2. The van der Waals surface area contributed by atoms with Gasteiger partial charge < -0.3 is 14.5 Å². The molecule has 1 aromatic heterocycles. The highest BCUT2D eigenvalue weighted by Gasteiger charge is 2.34. The number of hydrogen-bond acceptors (Lipinski definition) is 5. The number of para-hydroxylation sites is 1. The van der Waals surface area contributed by atoms with E-state index in [2.05, 4.69) is 16.4 Å². The number of fused-ring (bicyclic) bond motifs is 3. The summed E-state index contributed by atoms with van der Waals surface area (Å²) in [6.45, 7) is 4.39. The lowest BCUT2D eigenvalue weighted by Gasteiger charge is -2.30. The van der Waals surface area contributed by atoms with Gasteiger partial charge in [0.2, 0.25) is 0 Å². The smallest absolute Gasteiger partial charge is 0.338 e. The van der Waals surface area contributed by atoms with E-state index in [0.717, 1.165) is 27.7 Å². The standard InChI is InChI=1S/C24H26N2O4/c1-14(2)13-30-23(27)16-10-8-15(9-11-16)21-22-18(12-20(26-21)24(28)29-3)17-6-4-5-7-19(17)25-22/h4-11,14,20-21,25-26H,12-13H2,1-3H3/t20-,21+/m1/s1. The van der Waals surface area contributed by atoms with Crippen molar-refractivity contribution in [2.75, 3.05) is 13.7 Å². The summed E-state index contributed by atoms with van der Waals surface area (Å²) >= 11 is 0. The molecule has 6 nitrogen and oxygen atoms in total. The van der Waals surface area contributed by atoms with Crippen molar-refractivity contribution in [2.24, 2.45) is 5.92 Å². The van der Waals surface area contributed by atoms with Crippen molar-refractivity contribution >= 4 is 22.8 Å². The third-order valence-corrected chi connectivity index (χ3v) is 5.42. The Morgan fingerprint density at radius 3 is 2.53 bits per heavy atom. The molecule has 1 aliphatic rings. The Kier molecular flexibility index (Phi) is 5.59. The molecule has 0 aliphatic carbocycles. The summed E-state index contributed by atoms with van der Waals surface area (Å²) in [5.74, 6) is -0.328. The molecule has 0 amide bonds. The lowest BCUT2D eigenvalue weighted by Crippen LogP contribution is -2.45. The number of esters is 2. The van der Waals surface area contributed by atoms with Crippen molar-refractivity contribution in [3.05, 3.63) is 70.9 Å². The number of ether oxygens (including phenoxy) is 2. The predicted molar refractivity (Wildman–Crippen MR) is 114 cm³/mol. The molecular formula is C24H26N2O4. The van der Waals surface area contributed by atoms with Crippen LogP contribution in [-0.4, -0.2) is 36.7 Å². The summed E-state index contributed by atoms with van der Waals surface area (Å²) in [6, 6.07) is 14.8. The summed E-state index contributed by atoms with van der Waals surface area (Å²) in [5.41, 5.74) is 4.65. The molecule has 6 heteroatoms. The second-order valence-electron chi connectivity index (χ2n) is 8.06. The van der Waals surface area contributed by atoms with Crippen LogP contribution in [0.3, 0.4) is 0 Å². The third kappa shape index (κ3) is 3.83. The number of carbonyl (C=O) groups is 2. The Hall–Kier alpha value is -3.12. The topological polar surface area (TPSA) is 80.4 Å². The molecule has 2 N–H and O–H groups in total. The molecule has 2 aromatic carbocycles. The van der Waals surface area contributed by atoms with Crippen LogP contribution in [0.25, 0.3) is 10.9 Å². The fraction of sp³-hybridized carbons (Fsp3) is 0.333. The zero-order valence-corrected chi connectivity index (χ0v) is 17.4. The van der Waals surface area contributed by atoms with E-state index in [1.54, 1.807) is 12.1 Å². The van der Waals surface area contributed by atoms with Gasteiger partial charge in [-0.2, -0.15) is 0 Å². The number of nitrogens with one attached hydrogen (secondary N) is 2. The third-order valence-electron chi connectivity index (χ3n) is 5.42. The van der Waals surface area contributed by atoms with Gasteiger partial charge in [-0.05, 0) is 35.2 Å². The summed E-state index contributed by atoms with van der Waals surface area (Å²) in [7, 11) is 1.40. The van der Waals surface area contributed by atoms with Gasteiger partial charge in [-0.1, -0.05) is 44.2 Å². The highest BCUT2D eigenvalue weighted by molar-refractivity contribution is 5.90. The van der Waals surface area contributed by atoms with Crippen LogP contribution in [0.4, 0.5) is 0 Å². The van der Waals surface area contributed by atoms with Crippen molar-refractivity contribution in [3.8, 4) is 0 Å². The fourth-order valence-corrected chi connectivity index (χ4v) is 3.93. The first-order valence-corrected chi connectivity index (χ1v) is 10.2. The van der Waals surface area contributed by atoms with Crippen molar-refractivity contribution in [1.82, 2.24) is 10.3 Å². The first-order chi connectivity index (χ1) is 14.5. The first kappa shape index (κ1) is 20.2. The quantitative estimate of drug-likeness (QED) is 0.631. The van der Waals surface area contributed by atoms with E-state index < -0.39 is 6.04 Å². The molecule has 156 valence electrons. The molecule has 2 atom stereocenters. The van der Waals surface area contributed by atoms with Gasteiger partial charge in [0.25, 0.3) is 0 Å². The minimum atomic E-state index is -0.442. The van der Waals surface area contributed by atoms with Gasteiger partial charge in [0.1, 0.15) is 6.04 Å². The van der Waals surface area contributed by atoms with Crippen LogP contribution in [0.2, 0.25) is 0 Å². The molecule has 1 aliphatic heterocycles. The number of rotatable bonds is 5. The van der Waals surface area contributed by atoms with Crippen LogP contribution in [0.5, 0.6) is 0 Å². The largest absolute Gasteiger partial charge is 0.468 e. The maximum absolute atomic E-state index is 12.3. The zero-order valence-electron chi connectivity index (χ0n) is 17.4. The molecule has 0 spiro atoms. The molecule has 0 fully saturated rings. The predicted octanol–water partition coefficient (Wildman–Crippen LogP) is 3.76. The molecular weight excluding hydrogens is 380 g/mol. The van der Waals surface area contributed by atoms with Gasteiger partial charge in [0, 0.05) is 23.0 Å². The molecule has 0 saturated carbocycles. The second kappa shape index (κ2) is 8.32. The van der Waals surface area contributed by atoms with E-state index >= 15 is 0 Å². The van der Waals surface area contributed by atoms with Gasteiger partial charge in [-0.25, -0.2) is 4.79 Å². The van der Waals surface area contributed by atoms with E-state index in [0.29, 0.717) is 18.6 Å². The maximum atomic E-state index is 12.3. The number of methoxy groups -OCH3 is 1. The average molecular weight is 406 g/mol. The SMILES string of the molecule is COC(=O)[C@H]1Cc2c([nH]c3ccccc23)[C@H](c2ccc(C(=O)OCC(C)C)cc2)N1. The van der Waals surface area contributed by atoms with Crippen LogP contribution < -0.4 is 5.32 Å². The second-order valence-corrected chi connectivity index (χ2v) is 8.06. The van der Waals surface area contributed by atoms with Gasteiger partial charge in [0.15, 0.2) is 0 Å². The summed E-state index contributed by atoms with van der Waals surface area (Å²) in [4.78, 5) is 28.1. The lowest BCUT2D eigenvalue weighted by molar-refractivity contribution is -0.143. The average Bonchev–Trinajstić information content (AvgIpc) is 3.15. The molecule has 0 saturated heterocycles. The van der Waals surface area contributed by atoms with E-state index in [4.69, 9.17) is 9.47 Å². The van der Waals surface area contributed by atoms with E-state index in [1.165, 1.54) is 7.11 Å². The van der Waals surface area contributed by atoms with Gasteiger partial charge in [0.05, 0.1) is 25.3 Å². The maximum Gasteiger partial charge on any atom is 0.338 e. The normalized spacial score (nSPS) is 18.3. The Labute approximate surface area is 175 Å². The first-order valence-electron chi connectivity index (χ1n) is 10.2. The van der Waals surface area contributed by atoms with E-state index in [-0.39, 0.29) is 23.9 Å². The molecule has 4 rings (SSSR count). The van der Waals surface area contributed by atoms with Crippen molar-refractivity contribution in [2.45, 2.75) is 32.4 Å². The highest BCUT2D eigenvalue weighted by Crippen LogP contribution is 2.35. The molecule has 3 aromatic rings. The number of hydrogen-bond donors (Lipinski definition) is 2.